The smallest absolute Gasteiger partial charge is 0.173 e. The van der Waals surface area contributed by atoms with Crippen molar-refractivity contribution >= 4 is 15.4 Å². The van der Waals surface area contributed by atoms with Gasteiger partial charge in [-0.1, -0.05) is 30.3 Å². The van der Waals surface area contributed by atoms with Gasteiger partial charge >= 0.3 is 0 Å². The summed E-state index contributed by atoms with van der Waals surface area (Å²) in [5, 5.41) is 3.07. The van der Waals surface area contributed by atoms with Crippen LogP contribution in [0.2, 0.25) is 0 Å². The van der Waals surface area contributed by atoms with Gasteiger partial charge in [0, 0.05) is 25.0 Å². The summed E-state index contributed by atoms with van der Waals surface area (Å²) < 4.78 is 35.2. The molecule has 6 nitrogen and oxygen atoms in total. The minimum absolute atomic E-state index is 0.344. The highest BCUT2D eigenvalue weighted by Gasteiger charge is 2.27. The molecule has 0 amide bonds. The molecule has 0 aliphatic carbocycles. The molecule has 0 saturated carbocycles. The number of benzene rings is 2. The van der Waals surface area contributed by atoms with Crippen LogP contribution in [0.3, 0.4) is 0 Å². The molecule has 2 aromatic carbocycles. The predicted octanol–water partition coefficient (Wildman–Crippen LogP) is 3.67. The number of fused-ring (bicyclic) bond motifs is 1. The Morgan fingerprint density at radius 1 is 1.06 bits per heavy atom. The van der Waals surface area contributed by atoms with E-state index in [-0.39, 0.29) is 0 Å². The second-order valence-corrected chi connectivity index (χ2v) is 10.7. The summed E-state index contributed by atoms with van der Waals surface area (Å²) in [4.78, 5) is 2.93. The van der Waals surface area contributed by atoms with E-state index in [2.05, 4.69) is 46.6 Å². The van der Waals surface area contributed by atoms with E-state index >= 15 is 0 Å². The van der Waals surface area contributed by atoms with Gasteiger partial charge in [-0.05, 0) is 59.9 Å². The minimum atomic E-state index is -3.19. The van der Waals surface area contributed by atoms with Gasteiger partial charge in [0.25, 0.3) is 0 Å². The first-order valence-electron chi connectivity index (χ1n) is 11.0. The normalized spacial score (nSPS) is 21.0. The largest absolute Gasteiger partial charge is 0.486 e. The van der Waals surface area contributed by atoms with E-state index in [1.807, 2.05) is 12.3 Å². The minimum Gasteiger partial charge on any atom is -0.486 e. The third kappa shape index (κ3) is 4.40. The second-order valence-electron chi connectivity index (χ2n) is 8.59. The molecule has 5 rings (SSSR count). The summed E-state index contributed by atoms with van der Waals surface area (Å²) >= 11 is 0. The highest BCUT2D eigenvalue weighted by atomic mass is 32.2. The van der Waals surface area contributed by atoms with Crippen LogP contribution < -0.4 is 14.8 Å². The molecule has 0 radical (unpaired) electrons. The van der Waals surface area contributed by atoms with E-state index in [0.717, 1.165) is 42.1 Å². The molecule has 1 fully saturated rings. The van der Waals surface area contributed by atoms with Crippen molar-refractivity contribution in [3.8, 4) is 11.5 Å². The van der Waals surface area contributed by atoms with Gasteiger partial charge in [0.1, 0.15) is 13.2 Å². The van der Waals surface area contributed by atoms with Crippen LogP contribution in [-0.4, -0.2) is 45.9 Å². The first-order chi connectivity index (χ1) is 15.5. The van der Waals surface area contributed by atoms with E-state index in [1.165, 1.54) is 23.8 Å². The van der Waals surface area contributed by atoms with Crippen molar-refractivity contribution in [3.63, 3.8) is 0 Å². The molecule has 3 heterocycles. The average Bonchev–Trinajstić information content (AvgIpc) is 3.27. The molecule has 0 aromatic heterocycles. The summed E-state index contributed by atoms with van der Waals surface area (Å²) in [6.45, 7) is 3.49. The van der Waals surface area contributed by atoms with E-state index < -0.39 is 9.84 Å². The Bertz CT molecular complexity index is 1170. The topological polar surface area (TPSA) is 67.9 Å². The number of hydrogen-bond donors (Lipinski definition) is 1. The Morgan fingerprint density at radius 2 is 1.84 bits per heavy atom. The molecular formula is C25H28N2O4S. The molecule has 0 bridgehead atoms. The molecule has 3 aliphatic heterocycles. The molecule has 0 spiro atoms. The maximum atomic E-state index is 11.9. The van der Waals surface area contributed by atoms with Gasteiger partial charge in [0.15, 0.2) is 21.3 Å². The zero-order valence-corrected chi connectivity index (χ0v) is 19.0. The van der Waals surface area contributed by atoms with Gasteiger partial charge in [-0.3, -0.25) is 4.90 Å². The Morgan fingerprint density at radius 3 is 2.62 bits per heavy atom. The van der Waals surface area contributed by atoms with Gasteiger partial charge in [-0.2, -0.15) is 0 Å². The van der Waals surface area contributed by atoms with E-state index in [9.17, 15) is 8.42 Å². The summed E-state index contributed by atoms with van der Waals surface area (Å²) in [5.74, 6) is 1.68. The van der Waals surface area contributed by atoms with Crippen molar-refractivity contribution < 1.29 is 17.9 Å². The van der Waals surface area contributed by atoms with Crippen LogP contribution in [-0.2, 0) is 16.4 Å². The summed E-state index contributed by atoms with van der Waals surface area (Å²) in [5.41, 5.74) is 4.42. The van der Waals surface area contributed by atoms with Crippen molar-refractivity contribution in [2.24, 2.45) is 0 Å². The van der Waals surface area contributed by atoms with E-state index in [1.54, 1.807) is 6.08 Å². The zero-order chi connectivity index (χ0) is 22.1. The quantitative estimate of drug-likeness (QED) is 0.747. The molecule has 3 aliphatic rings. The van der Waals surface area contributed by atoms with Crippen LogP contribution in [0.4, 0.5) is 0 Å². The molecule has 2 aromatic rings. The highest BCUT2D eigenvalue weighted by Crippen LogP contribution is 2.38. The first kappa shape index (κ1) is 21.1. The lowest BCUT2D eigenvalue weighted by Crippen LogP contribution is -2.23. The summed E-state index contributed by atoms with van der Waals surface area (Å²) in [6.07, 6.45) is 7.20. The Hall–Kier alpha value is -2.77. The van der Waals surface area contributed by atoms with Crippen molar-refractivity contribution in [1.29, 1.82) is 0 Å². The average molecular weight is 453 g/mol. The van der Waals surface area contributed by atoms with Crippen molar-refractivity contribution in [2.75, 3.05) is 32.6 Å². The van der Waals surface area contributed by atoms with Crippen LogP contribution in [0, 0.1) is 0 Å². The lowest BCUT2D eigenvalue weighted by atomic mass is 10.0. The van der Waals surface area contributed by atoms with Crippen LogP contribution in [0.25, 0.3) is 5.57 Å². The maximum absolute atomic E-state index is 11.9. The third-order valence-electron chi connectivity index (χ3n) is 6.31. The zero-order valence-electron chi connectivity index (χ0n) is 18.2. The first-order valence-corrected chi connectivity index (χ1v) is 12.9. The lowest BCUT2D eigenvalue weighted by molar-refractivity contribution is 0.170. The van der Waals surface area contributed by atoms with Gasteiger partial charge in [0.05, 0.1) is 11.4 Å². The molecule has 1 N–H and O–H groups in total. The van der Waals surface area contributed by atoms with Gasteiger partial charge in [-0.25, -0.2) is 8.42 Å². The number of sulfone groups is 1. The number of hydrogen-bond acceptors (Lipinski definition) is 6. The third-order valence-corrected chi connectivity index (χ3v) is 7.53. The van der Waals surface area contributed by atoms with Gasteiger partial charge < -0.3 is 14.8 Å². The van der Waals surface area contributed by atoms with Crippen LogP contribution in [0.5, 0.6) is 11.5 Å². The number of nitrogens with one attached hydrogen (secondary N) is 1. The van der Waals surface area contributed by atoms with Crippen molar-refractivity contribution in [3.05, 3.63) is 76.3 Å². The van der Waals surface area contributed by atoms with Crippen molar-refractivity contribution in [2.45, 2.75) is 25.4 Å². The lowest BCUT2D eigenvalue weighted by Gasteiger charge is -2.26. The number of rotatable bonds is 5. The number of allylic oxidation sites excluding steroid dienone is 2. The van der Waals surface area contributed by atoms with Crippen LogP contribution in [0.15, 0.2) is 59.6 Å². The highest BCUT2D eigenvalue weighted by molar-refractivity contribution is 7.94. The maximum Gasteiger partial charge on any atom is 0.173 e. The summed E-state index contributed by atoms with van der Waals surface area (Å²) in [6, 6.07) is 15.1. The van der Waals surface area contributed by atoms with E-state index in [0.29, 0.717) is 30.7 Å². The van der Waals surface area contributed by atoms with Gasteiger partial charge in [-0.15, -0.1) is 0 Å². The number of likely N-dealkylation sites (tertiary alicyclic amines) is 1. The molecule has 1 atom stereocenters. The predicted molar refractivity (Wildman–Crippen MR) is 125 cm³/mol. The Kier molecular flexibility index (Phi) is 5.69. The SMILES string of the molecule is CS(=O)(=O)C1=CC(c2ccc(CN3CCCC3c3ccc4c(c3)OCCO4)cc2)=CNC1. The molecular weight excluding hydrogens is 424 g/mol. The van der Waals surface area contributed by atoms with Crippen LogP contribution >= 0.6 is 0 Å². The fourth-order valence-corrected chi connectivity index (χ4v) is 5.32. The van der Waals surface area contributed by atoms with Gasteiger partial charge in [0.2, 0.25) is 0 Å². The van der Waals surface area contributed by atoms with Crippen molar-refractivity contribution in [1.82, 2.24) is 10.2 Å². The number of ether oxygens (including phenoxy) is 2. The Balaban J connectivity index is 1.30. The van der Waals surface area contributed by atoms with E-state index in [4.69, 9.17) is 9.47 Å². The number of nitrogens with zero attached hydrogens (tertiary/aromatic N) is 1. The molecule has 1 saturated heterocycles. The fraction of sp³-hybridized carbons (Fsp3) is 0.360. The Labute approximate surface area is 189 Å². The monoisotopic (exact) mass is 452 g/mol. The fourth-order valence-electron chi connectivity index (χ4n) is 4.63. The number of dihydropyridines is 1. The molecule has 168 valence electrons. The molecule has 7 heteroatoms. The second kappa shape index (κ2) is 8.64. The molecule has 1 unspecified atom stereocenters. The summed E-state index contributed by atoms with van der Waals surface area (Å²) in [7, 11) is -3.19. The standard InChI is InChI=1S/C25H28N2O4S/c1-32(28,29)22-13-21(15-26-16-22)19-6-4-18(5-7-19)17-27-10-2-3-23(27)20-8-9-24-25(14-20)31-12-11-30-24/h4-9,13-15,23,26H,2-3,10-12,16-17H2,1H3. The van der Waals surface area contributed by atoms with Crippen LogP contribution in [0.1, 0.15) is 35.6 Å². The molecule has 32 heavy (non-hydrogen) atoms.